The molecule has 152 valence electrons. The maximum Gasteiger partial charge on any atom is 0.269 e. The van der Waals surface area contributed by atoms with E-state index in [0.717, 1.165) is 10.8 Å². The van der Waals surface area contributed by atoms with Crippen molar-refractivity contribution >= 4 is 33.5 Å². The molecule has 2 heterocycles. The highest BCUT2D eigenvalue weighted by molar-refractivity contribution is 6.34. The zero-order valence-corrected chi connectivity index (χ0v) is 16.6. The van der Waals surface area contributed by atoms with E-state index in [1.807, 2.05) is 40.9 Å². The summed E-state index contributed by atoms with van der Waals surface area (Å²) < 4.78 is 1.86. The van der Waals surface area contributed by atoms with Gasteiger partial charge in [-0.25, -0.2) is 0 Å². The first-order valence-corrected chi connectivity index (χ1v) is 10.1. The van der Waals surface area contributed by atoms with Gasteiger partial charge in [-0.2, -0.15) is 0 Å². The van der Waals surface area contributed by atoms with E-state index in [9.17, 15) is 19.7 Å². The zero-order chi connectivity index (χ0) is 22.0. The van der Waals surface area contributed by atoms with E-state index in [2.05, 4.69) is 0 Å². The van der Waals surface area contributed by atoms with E-state index in [4.69, 9.17) is 0 Å². The molecule has 1 aliphatic carbocycles. The lowest BCUT2D eigenvalue weighted by molar-refractivity contribution is -0.384. The van der Waals surface area contributed by atoms with Crippen LogP contribution in [-0.4, -0.2) is 20.9 Å². The molecule has 0 aliphatic heterocycles. The second kappa shape index (κ2) is 6.46. The van der Waals surface area contributed by atoms with Gasteiger partial charge in [0, 0.05) is 34.8 Å². The summed E-state index contributed by atoms with van der Waals surface area (Å²) in [7, 11) is 0. The smallest absolute Gasteiger partial charge is 0.269 e. The number of pyridine rings is 1. The van der Waals surface area contributed by atoms with Crippen molar-refractivity contribution < 1.29 is 14.5 Å². The first-order valence-electron chi connectivity index (χ1n) is 10.1. The number of aromatic nitrogens is 1. The van der Waals surface area contributed by atoms with Crippen molar-refractivity contribution in [1.82, 2.24) is 4.40 Å². The highest BCUT2D eigenvalue weighted by Crippen LogP contribution is 2.41. The Hall–Kier alpha value is -4.58. The molecule has 0 atom stereocenters. The fourth-order valence-electron chi connectivity index (χ4n) is 4.63. The number of benzene rings is 3. The van der Waals surface area contributed by atoms with Crippen LogP contribution in [0.25, 0.3) is 27.5 Å². The lowest BCUT2D eigenvalue weighted by Crippen LogP contribution is -2.19. The molecule has 1 aliphatic rings. The van der Waals surface area contributed by atoms with E-state index >= 15 is 0 Å². The molecule has 0 bridgehead atoms. The molecule has 32 heavy (non-hydrogen) atoms. The molecule has 6 rings (SSSR count). The Morgan fingerprint density at radius 3 is 2.03 bits per heavy atom. The van der Waals surface area contributed by atoms with Gasteiger partial charge in [-0.3, -0.25) is 19.7 Å². The van der Waals surface area contributed by atoms with Gasteiger partial charge in [0.25, 0.3) is 5.69 Å². The fourth-order valence-corrected chi connectivity index (χ4v) is 4.63. The largest absolute Gasteiger partial charge is 0.314 e. The maximum absolute atomic E-state index is 13.7. The Morgan fingerprint density at radius 1 is 0.719 bits per heavy atom. The second-order valence-corrected chi connectivity index (χ2v) is 7.73. The molecule has 0 amide bonds. The minimum absolute atomic E-state index is 0.0401. The van der Waals surface area contributed by atoms with Gasteiger partial charge in [0.15, 0.2) is 11.6 Å². The number of carbonyl (C=O) groups excluding carboxylic acids is 2. The van der Waals surface area contributed by atoms with Gasteiger partial charge in [-0.15, -0.1) is 0 Å². The fraction of sp³-hybridized carbons (Fsp3) is 0. The number of hydrogen-bond acceptors (Lipinski definition) is 4. The number of nitrogens with zero attached hydrogens (tertiary/aromatic N) is 2. The summed E-state index contributed by atoms with van der Waals surface area (Å²) in [6.45, 7) is 0. The van der Waals surface area contributed by atoms with Crippen LogP contribution < -0.4 is 0 Å². The molecule has 0 saturated heterocycles. The minimum atomic E-state index is -0.464. The minimum Gasteiger partial charge on any atom is -0.314 e. The van der Waals surface area contributed by atoms with Gasteiger partial charge in [-0.1, -0.05) is 48.5 Å². The molecule has 5 aromatic rings. The monoisotopic (exact) mass is 418 g/mol. The highest BCUT2D eigenvalue weighted by Gasteiger charge is 2.36. The molecular weight excluding hydrogens is 404 g/mol. The molecule has 2 aromatic heterocycles. The van der Waals surface area contributed by atoms with Crippen LogP contribution in [-0.2, 0) is 0 Å². The molecule has 6 heteroatoms. The van der Waals surface area contributed by atoms with E-state index in [0.29, 0.717) is 39.0 Å². The number of nitro groups is 1. The lowest BCUT2D eigenvalue weighted by atomic mass is 9.83. The maximum atomic E-state index is 13.7. The zero-order valence-electron chi connectivity index (χ0n) is 16.6. The summed E-state index contributed by atoms with van der Waals surface area (Å²) in [6, 6.07) is 22.5. The molecule has 0 N–H and O–H groups in total. The average molecular weight is 418 g/mol. The van der Waals surface area contributed by atoms with Crippen LogP contribution in [0.3, 0.4) is 0 Å². The van der Waals surface area contributed by atoms with Crippen LogP contribution in [0.1, 0.15) is 31.8 Å². The highest BCUT2D eigenvalue weighted by atomic mass is 16.6. The first-order chi connectivity index (χ1) is 15.6. The molecule has 0 radical (unpaired) electrons. The number of rotatable bonds is 2. The van der Waals surface area contributed by atoms with Crippen LogP contribution >= 0.6 is 0 Å². The number of carbonyl (C=O) groups is 2. The second-order valence-electron chi connectivity index (χ2n) is 7.73. The summed E-state index contributed by atoms with van der Waals surface area (Å²) in [6.07, 6.45) is 1.85. The lowest BCUT2D eigenvalue weighted by Gasteiger charge is -2.15. The van der Waals surface area contributed by atoms with Crippen molar-refractivity contribution in [2.75, 3.05) is 0 Å². The van der Waals surface area contributed by atoms with Crippen LogP contribution in [0.5, 0.6) is 0 Å². The quantitative estimate of drug-likeness (QED) is 0.277. The third-order valence-corrected chi connectivity index (χ3v) is 6.05. The molecule has 0 saturated carbocycles. The standard InChI is InChI=1S/C26H14N2O4/c29-25-19-7-3-4-8-20(19)26(30)22-21(25)23(16-9-11-17(12-10-16)28(31)32)27-14-13-15-5-1-2-6-18(15)24(22)27/h1-14H. The third kappa shape index (κ3) is 2.34. The summed E-state index contributed by atoms with van der Waals surface area (Å²) in [4.78, 5) is 38.0. The van der Waals surface area contributed by atoms with Crippen LogP contribution in [0, 0.1) is 10.1 Å². The van der Waals surface area contributed by atoms with E-state index in [-0.39, 0.29) is 17.3 Å². The van der Waals surface area contributed by atoms with E-state index < -0.39 is 4.92 Å². The predicted octanol–water partition coefficient (Wildman–Crippen LogP) is 5.44. The van der Waals surface area contributed by atoms with Crippen molar-refractivity contribution in [1.29, 1.82) is 0 Å². The Kier molecular flexibility index (Phi) is 3.67. The molecule has 0 spiro atoms. The predicted molar refractivity (Wildman–Crippen MR) is 120 cm³/mol. The summed E-state index contributed by atoms with van der Waals surface area (Å²) in [5.74, 6) is -0.423. The number of non-ortho nitro benzene ring substituents is 1. The summed E-state index contributed by atoms with van der Waals surface area (Å²) in [5.41, 5.74) is 3.28. The van der Waals surface area contributed by atoms with Gasteiger partial charge in [-0.05, 0) is 29.1 Å². The third-order valence-electron chi connectivity index (χ3n) is 6.05. The number of nitro benzene ring substituents is 1. The molecular formula is C26H14N2O4. The molecule has 6 nitrogen and oxygen atoms in total. The van der Waals surface area contributed by atoms with Gasteiger partial charge < -0.3 is 4.40 Å². The number of fused-ring (bicyclic) bond motifs is 6. The van der Waals surface area contributed by atoms with E-state index in [1.165, 1.54) is 12.1 Å². The van der Waals surface area contributed by atoms with Crippen LogP contribution in [0.15, 0.2) is 85.1 Å². The van der Waals surface area contributed by atoms with Crippen molar-refractivity contribution in [3.05, 3.63) is 117 Å². The Labute approximate surface area is 181 Å². The van der Waals surface area contributed by atoms with Gasteiger partial charge >= 0.3 is 0 Å². The Balaban J connectivity index is 1.78. The Bertz CT molecular complexity index is 1630. The van der Waals surface area contributed by atoms with Crippen molar-refractivity contribution in [2.45, 2.75) is 0 Å². The number of hydrogen-bond donors (Lipinski definition) is 0. The van der Waals surface area contributed by atoms with Crippen LogP contribution in [0.4, 0.5) is 5.69 Å². The van der Waals surface area contributed by atoms with E-state index in [1.54, 1.807) is 36.4 Å². The van der Waals surface area contributed by atoms with Crippen molar-refractivity contribution in [2.24, 2.45) is 0 Å². The average Bonchev–Trinajstić information content (AvgIpc) is 3.19. The molecule has 0 fully saturated rings. The topological polar surface area (TPSA) is 81.7 Å². The van der Waals surface area contributed by atoms with Gasteiger partial charge in [0.05, 0.1) is 27.3 Å². The van der Waals surface area contributed by atoms with Gasteiger partial charge in [0.2, 0.25) is 0 Å². The Morgan fingerprint density at radius 2 is 1.34 bits per heavy atom. The van der Waals surface area contributed by atoms with Crippen molar-refractivity contribution in [3.8, 4) is 11.3 Å². The first kappa shape index (κ1) is 18.2. The molecule has 3 aromatic carbocycles. The van der Waals surface area contributed by atoms with Crippen LogP contribution in [0.2, 0.25) is 0 Å². The normalized spacial score (nSPS) is 12.8. The number of ketones is 2. The van der Waals surface area contributed by atoms with Crippen molar-refractivity contribution in [3.63, 3.8) is 0 Å². The SMILES string of the molecule is O=C1c2ccccc2C(=O)c2c1c(-c1ccc([N+](=O)[O-])cc1)n1ccc3ccccc3c21. The summed E-state index contributed by atoms with van der Waals surface area (Å²) in [5, 5.41) is 12.9. The molecule has 0 unspecified atom stereocenters. The van der Waals surface area contributed by atoms with Gasteiger partial charge in [0.1, 0.15) is 0 Å². The summed E-state index contributed by atoms with van der Waals surface area (Å²) >= 11 is 0.